The standard InChI is InChI=1S/C13H13BrClNOS/c1-8(16)12-5-10(15)2-3-13(12)17-6-11-4-9(14)7-18-11/h2-5,7-8H,6,16H2,1H3/t8-/m0/s1. The van der Waals surface area contributed by atoms with Gasteiger partial charge in [0, 0.05) is 31.4 Å². The van der Waals surface area contributed by atoms with Gasteiger partial charge in [-0.05, 0) is 47.1 Å². The maximum Gasteiger partial charge on any atom is 0.124 e. The average molecular weight is 347 g/mol. The summed E-state index contributed by atoms with van der Waals surface area (Å²) in [5.41, 5.74) is 6.84. The summed E-state index contributed by atoms with van der Waals surface area (Å²) in [6.45, 7) is 2.46. The van der Waals surface area contributed by atoms with E-state index in [0.717, 1.165) is 20.7 Å². The van der Waals surface area contributed by atoms with Crippen LogP contribution < -0.4 is 10.5 Å². The number of rotatable bonds is 4. The predicted molar refractivity (Wildman–Crippen MR) is 80.4 cm³/mol. The van der Waals surface area contributed by atoms with Crippen LogP contribution in [0.1, 0.15) is 23.4 Å². The van der Waals surface area contributed by atoms with Gasteiger partial charge in [0.15, 0.2) is 0 Å². The van der Waals surface area contributed by atoms with Gasteiger partial charge in [0.25, 0.3) is 0 Å². The van der Waals surface area contributed by atoms with Crippen molar-refractivity contribution in [1.82, 2.24) is 0 Å². The van der Waals surface area contributed by atoms with Gasteiger partial charge < -0.3 is 10.5 Å². The topological polar surface area (TPSA) is 35.2 Å². The van der Waals surface area contributed by atoms with Crippen LogP contribution in [0.15, 0.2) is 34.1 Å². The lowest BCUT2D eigenvalue weighted by molar-refractivity contribution is 0.305. The first-order chi connectivity index (χ1) is 8.56. The maximum atomic E-state index is 5.97. The Kier molecular flexibility index (Phi) is 4.67. The molecule has 0 radical (unpaired) electrons. The zero-order valence-electron chi connectivity index (χ0n) is 9.82. The van der Waals surface area contributed by atoms with Crippen molar-refractivity contribution in [3.8, 4) is 5.75 Å². The molecule has 5 heteroatoms. The van der Waals surface area contributed by atoms with E-state index < -0.39 is 0 Å². The van der Waals surface area contributed by atoms with Crippen LogP contribution in [0.4, 0.5) is 0 Å². The van der Waals surface area contributed by atoms with Gasteiger partial charge in [-0.2, -0.15) is 0 Å². The molecule has 2 rings (SSSR count). The summed E-state index contributed by atoms with van der Waals surface area (Å²) in [4.78, 5) is 1.16. The van der Waals surface area contributed by atoms with Crippen molar-refractivity contribution in [2.75, 3.05) is 0 Å². The van der Waals surface area contributed by atoms with E-state index >= 15 is 0 Å². The molecule has 2 N–H and O–H groups in total. The Balaban J connectivity index is 2.13. The number of nitrogens with two attached hydrogens (primary N) is 1. The summed E-state index contributed by atoms with van der Waals surface area (Å²) in [6.07, 6.45) is 0. The Labute approximate surface area is 124 Å². The van der Waals surface area contributed by atoms with Gasteiger partial charge in [-0.1, -0.05) is 11.6 Å². The molecule has 0 aliphatic carbocycles. The number of hydrogen-bond acceptors (Lipinski definition) is 3. The lowest BCUT2D eigenvalue weighted by atomic mass is 10.1. The van der Waals surface area contributed by atoms with E-state index in [1.807, 2.05) is 36.6 Å². The normalized spacial score (nSPS) is 12.4. The second-order valence-corrected chi connectivity index (χ2v) is 6.34. The number of hydrogen-bond donors (Lipinski definition) is 1. The number of ether oxygens (including phenoxy) is 1. The Morgan fingerprint density at radius 2 is 2.22 bits per heavy atom. The van der Waals surface area contributed by atoms with Gasteiger partial charge in [-0.15, -0.1) is 11.3 Å². The summed E-state index contributed by atoms with van der Waals surface area (Å²) in [6, 6.07) is 7.48. The third-order valence-electron chi connectivity index (χ3n) is 2.45. The molecular formula is C13H13BrClNOS. The summed E-state index contributed by atoms with van der Waals surface area (Å²) in [7, 11) is 0. The minimum absolute atomic E-state index is 0.103. The largest absolute Gasteiger partial charge is 0.488 e. The van der Waals surface area contributed by atoms with Crippen molar-refractivity contribution in [3.05, 3.63) is 49.6 Å². The first kappa shape index (κ1) is 13.9. The van der Waals surface area contributed by atoms with Crippen molar-refractivity contribution in [2.45, 2.75) is 19.6 Å². The lowest BCUT2D eigenvalue weighted by Crippen LogP contribution is -2.07. The summed E-state index contributed by atoms with van der Waals surface area (Å²) in [5.74, 6) is 0.791. The van der Waals surface area contributed by atoms with Crippen LogP contribution in [0, 0.1) is 0 Å². The first-order valence-corrected chi connectivity index (χ1v) is 7.52. The van der Waals surface area contributed by atoms with Crippen LogP contribution in [-0.4, -0.2) is 0 Å². The van der Waals surface area contributed by atoms with Crippen LogP contribution in [0.3, 0.4) is 0 Å². The average Bonchev–Trinajstić information content (AvgIpc) is 2.73. The van der Waals surface area contributed by atoms with E-state index in [-0.39, 0.29) is 6.04 Å². The molecule has 0 aliphatic rings. The van der Waals surface area contributed by atoms with Crippen LogP contribution >= 0.6 is 38.9 Å². The van der Waals surface area contributed by atoms with Crippen LogP contribution in [0.2, 0.25) is 5.02 Å². The van der Waals surface area contributed by atoms with Crippen molar-refractivity contribution in [3.63, 3.8) is 0 Å². The van der Waals surface area contributed by atoms with Crippen LogP contribution in [0.25, 0.3) is 0 Å². The molecule has 0 aliphatic heterocycles. The molecule has 0 saturated heterocycles. The molecule has 0 unspecified atom stereocenters. The molecule has 1 atom stereocenters. The quantitative estimate of drug-likeness (QED) is 0.866. The van der Waals surface area contributed by atoms with Gasteiger partial charge in [0.2, 0.25) is 0 Å². The predicted octanol–water partition coefficient (Wildman–Crippen LogP) is 4.76. The van der Waals surface area contributed by atoms with E-state index in [1.54, 1.807) is 11.3 Å². The zero-order chi connectivity index (χ0) is 13.1. The highest BCUT2D eigenvalue weighted by atomic mass is 79.9. The van der Waals surface area contributed by atoms with Crippen LogP contribution in [0.5, 0.6) is 5.75 Å². The fourth-order valence-electron chi connectivity index (χ4n) is 1.58. The molecule has 0 spiro atoms. The number of benzene rings is 1. The molecule has 1 aromatic carbocycles. The third-order valence-corrected chi connectivity index (χ3v) is 4.36. The molecule has 0 fully saturated rings. The molecule has 1 aromatic heterocycles. The smallest absolute Gasteiger partial charge is 0.124 e. The molecule has 2 nitrogen and oxygen atoms in total. The van der Waals surface area contributed by atoms with E-state index in [9.17, 15) is 0 Å². The molecule has 0 amide bonds. The van der Waals surface area contributed by atoms with E-state index in [1.165, 1.54) is 0 Å². The molecule has 0 saturated carbocycles. The summed E-state index contributed by atoms with van der Waals surface area (Å²) < 4.78 is 6.88. The summed E-state index contributed by atoms with van der Waals surface area (Å²) in [5, 5.41) is 2.71. The highest BCUT2D eigenvalue weighted by molar-refractivity contribution is 9.10. The van der Waals surface area contributed by atoms with E-state index in [2.05, 4.69) is 15.9 Å². The molecule has 96 valence electrons. The lowest BCUT2D eigenvalue weighted by Gasteiger charge is -2.13. The van der Waals surface area contributed by atoms with Gasteiger partial charge in [0.1, 0.15) is 12.4 Å². The first-order valence-electron chi connectivity index (χ1n) is 5.47. The molecule has 0 bridgehead atoms. The molecular weight excluding hydrogens is 334 g/mol. The highest BCUT2D eigenvalue weighted by Crippen LogP contribution is 2.29. The summed E-state index contributed by atoms with van der Waals surface area (Å²) >= 11 is 11.0. The molecule has 2 aromatic rings. The van der Waals surface area contributed by atoms with E-state index in [0.29, 0.717) is 11.6 Å². The maximum absolute atomic E-state index is 5.97. The molecule has 1 heterocycles. The number of thiophene rings is 1. The molecule has 18 heavy (non-hydrogen) atoms. The monoisotopic (exact) mass is 345 g/mol. The number of halogens is 2. The van der Waals surface area contributed by atoms with Gasteiger partial charge >= 0.3 is 0 Å². The SMILES string of the molecule is C[C@H](N)c1cc(Cl)ccc1OCc1cc(Br)cs1. The second-order valence-electron chi connectivity index (χ2n) is 3.99. The van der Waals surface area contributed by atoms with Crippen molar-refractivity contribution < 1.29 is 4.74 Å². The van der Waals surface area contributed by atoms with Crippen molar-refractivity contribution >= 4 is 38.9 Å². The zero-order valence-corrected chi connectivity index (χ0v) is 13.0. The van der Waals surface area contributed by atoms with Gasteiger partial charge in [-0.25, -0.2) is 0 Å². The van der Waals surface area contributed by atoms with Crippen LogP contribution in [-0.2, 0) is 6.61 Å². The minimum Gasteiger partial charge on any atom is -0.488 e. The van der Waals surface area contributed by atoms with E-state index in [4.69, 9.17) is 22.1 Å². The second kappa shape index (κ2) is 6.06. The Morgan fingerprint density at radius 1 is 1.44 bits per heavy atom. The Hall–Kier alpha value is -0.550. The highest BCUT2D eigenvalue weighted by Gasteiger charge is 2.09. The van der Waals surface area contributed by atoms with Gasteiger partial charge in [-0.3, -0.25) is 0 Å². The fourth-order valence-corrected chi connectivity index (χ4v) is 3.13. The Bertz CT molecular complexity index is 542. The van der Waals surface area contributed by atoms with Crippen molar-refractivity contribution in [2.24, 2.45) is 5.73 Å². The minimum atomic E-state index is -0.103. The third kappa shape index (κ3) is 3.48. The van der Waals surface area contributed by atoms with Crippen molar-refractivity contribution in [1.29, 1.82) is 0 Å². The van der Waals surface area contributed by atoms with Gasteiger partial charge in [0.05, 0.1) is 0 Å². The fraction of sp³-hybridized carbons (Fsp3) is 0.231. The Morgan fingerprint density at radius 3 is 2.83 bits per heavy atom.